The summed E-state index contributed by atoms with van der Waals surface area (Å²) in [6.07, 6.45) is 3.99. The number of likely N-dealkylation sites (tertiary alicyclic amines) is 1. The topological polar surface area (TPSA) is 114 Å². The maximum Gasteiger partial charge on any atom is 0.259 e. The minimum atomic E-state index is -0.391. The van der Waals surface area contributed by atoms with Crippen molar-refractivity contribution in [1.82, 2.24) is 29.2 Å². The number of carbonyl (C=O) groups is 2. The number of nitrogens with one attached hydrogen (secondary N) is 2. The van der Waals surface area contributed by atoms with E-state index < -0.39 is 5.91 Å². The molecule has 1 saturated heterocycles. The highest BCUT2D eigenvalue weighted by molar-refractivity contribution is 7.13. The quantitative estimate of drug-likeness (QED) is 0.282. The van der Waals surface area contributed by atoms with Crippen LogP contribution in [0.15, 0.2) is 77.0 Å². The number of pyridine rings is 2. The monoisotopic (exact) mass is 591 g/mol. The summed E-state index contributed by atoms with van der Waals surface area (Å²) < 4.78 is 3.77. The van der Waals surface area contributed by atoms with E-state index in [1.54, 1.807) is 41.9 Å². The van der Waals surface area contributed by atoms with Crippen LogP contribution in [-0.2, 0) is 7.05 Å². The third-order valence-corrected chi connectivity index (χ3v) is 8.70. The second-order valence-corrected chi connectivity index (χ2v) is 11.5. The van der Waals surface area contributed by atoms with E-state index in [-0.39, 0.29) is 16.9 Å². The molecule has 0 bridgehead atoms. The molecule has 0 aliphatic carbocycles. The average Bonchev–Trinajstić information content (AvgIpc) is 3.80. The molecule has 0 spiro atoms. The summed E-state index contributed by atoms with van der Waals surface area (Å²) in [6.45, 7) is 3.30. The number of para-hydroxylation sites is 2. The molecule has 0 unspecified atom stereocenters. The van der Waals surface area contributed by atoms with Crippen LogP contribution in [0.2, 0.25) is 0 Å². The second-order valence-electron chi connectivity index (χ2n) is 10.7. The third kappa shape index (κ3) is 4.86. The molecule has 1 aliphatic rings. The molecule has 216 valence electrons. The summed E-state index contributed by atoms with van der Waals surface area (Å²) in [7, 11) is 1.86. The van der Waals surface area contributed by atoms with Gasteiger partial charge in [0.1, 0.15) is 11.2 Å². The first kappa shape index (κ1) is 27.0. The summed E-state index contributed by atoms with van der Waals surface area (Å²) in [6, 6.07) is 18.4. The van der Waals surface area contributed by atoms with Gasteiger partial charge in [-0.1, -0.05) is 24.3 Å². The van der Waals surface area contributed by atoms with Gasteiger partial charge in [-0.15, -0.1) is 11.3 Å². The average molecular weight is 592 g/mol. The van der Waals surface area contributed by atoms with Crippen LogP contribution in [0, 0.1) is 0 Å². The fourth-order valence-electron chi connectivity index (χ4n) is 5.90. The molecule has 1 fully saturated rings. The summed E-state index contributed by atoms with van der Waals surface area (Å²) in [5.74, 6) is -0.664. The molecule has 0 radical (unpaired) electrons. The van der Waals surface area contributed by atoms with E-state index in [2.05, 4.69) is 20.5 Å². The van der Waals surface area contributed by atoms with Gasteiger partial charge in [0, 0.05) is 42.8 Å². The number of anilines is 1. The molecule has 11 heteroatoms. The van der Waals surface area contributed by atoms with Gasteiger partial charge in [0.15, 0.2) is 10.8 Å². The number of aryl methyl sites for hydroxylation is 1. The molecule has 7 rings (SSSR count). The largest absolute Gasteiger partial charge is 0.351 e. The fraction of sp³-hybridized carbons (Fsp3) is 0.219. The molecular weight excluding hydrogens is 562 g/mol. The van der Waals surface area contributed by atoms with E-state index in [0.717, 1.165) is 36.2 Å². The third-order valence-electron chi connectivity index (χ3n) is 8.01. The Morgan fingerprint density at radius 3 is 2.58 bits per heavy atom. The van der Waals surface area contributed by atoms with Gasteiger partial charge < -0.3 is 14.8 Å². The molecule has 6 aromatic rings. The van der Waals surface area contributed by atoms with E-state index in [0.29, 0.717) is 39.6 Å². The minimum Gasteiger partial charge on any atom is -0.351 e. The maximum atomic E-state index is 14.0. The Morgan fingerprint density at radius 1 is 0.977 bits per heavy atom. The number of rotatable bonds is 7. The lowest BCUT2D eigenvalue weighted by Gasteiger charge is -2.15. The van der Waals surface area contributed by atoms with Crippen molar-refractivity contribution >= 4 is 56.0 Å². The van der Waals surface area contributed by atoms with Crippen molar-refractivity contribution in [2.24, 2.45) is 7.05 Å². The number of carbonyl (C=O) groups excluding carboxylic acids is 2. The molecule has 2 N–H and O–H groups in total. The Balaban J connectivity index is 1.33. The molecule has 2 amide bonds. The lowest BCUT2D eigenvalue weighted by molar-refractivity contribution is 0.0949. The predicted molar refractivity (Wildman–Crippen MR) is 169 cm³/mol. The van der Waals surface area contributed by atoms with Crippen molar-refractivity contribution in [3.05, 3.63) is 93.6 Å². The van der Waals surface area contributed by atoms with E-state index >= 15 is 0 Å². The molecule has 2 aromatic carbocycles. The number of benzene rings is 2. The van der Waals surface area contributed by atoms with Crippen LogP contribution in [0.4, 0.5) is 5.13 Å². The molecule has 43 heavy (non-hydrogen) atoms. The number of hydrogen-bond acceptors (Lipinski definition) is 7. The van der Waals surface area contributed by atoms with E-state index in [1.165, 1.54) is 24.2 Å². The summed E-state index contributed by atoms with van der Waals surface area (Å²) in [5.41, 5.74) is 4.14. The molecule has 0 saturated carbocycles. The molecule has 0 atom stereocenters. The van der Waals surface area contributed by atoms with Crippen LogP contribution in [0.5, 0.6) is 0 Å². The second kappa shape index (κ2) is 11.1. The van der Waals surface area contributed by atoms with E-state index in [4.69, 9.17) is 4.98 Å². The number of aromatic nitrogens is 4. The van der Waals surface area contributed by atoms with Gasteiger partial charge in [-0.25, -0.2) is 9.97 Å². The first-order valence-electron chi connectivity index (χ1n) is 14.2. The van der Waals surface area contributed by atoms with Gasteiger partial charge in [-0.2, -0.15) is 0 Å². The zero-order valence-corrected chi connectivity index (χ0v) is 24.4. The molecule has 10 nitrogen and oxygen atoms in total. The van der Waals surface area contributed by atoms with Crippen molar-refractivity contribution in [3.8, 4) is 11.3 Å². The number of thiazole rings is 1. The lowest BCUT2D eigenvalue weighted by atomic mass is 10.1. The number of hydrogen-bond donors (Lipinski definition) is 2. The number of nitrogens with zero attached hydrogens (tertiary/aromatic N) is 5. The first-order valence-corrected chi connectivity index (χ1v) is 15.1. The van der Waals surface area contributed by atoms with Crippen molar-refractivity contribution < 1.29 is 9.59 Å². The Kier molecular flexibility index (Phi) is 6.96. The van der Waals surface area contributed by atoms with Crippen LogP contribution in [0.3, 0.4) is 0 Å². The van der Waals surface area contributed by atoms with Crippen LogP contribution < -0.4 is 16.1 Å². The van der Waals surface area contributed by atoms with Gasteiger partial charge in [0.25, 0.3) is 11.8 Å². The predicted octanol–water partition coefficient (Wildman–Crippen LogP) is 4.54. The summed E-state index contributed by atoms with van der Waals surface area (Å²) in [5, 5.41) is 8.47. The lowest BCUT2D eigenvalue weighted by Crippen LogP contribution is -2.36. The summed E-state index contributed by atoms with van der Waals surface area (Å²) >= 11 is 1.35. The van der Waals surface area contributed by atoms with Gasteiger partial charge in [0.2, 0.25) is 5.43 Å². The highest BCUT2D eigenvalue weighted by Crippen LogP contribution is 2.28. The molecular formula is C32H29N7O3S. The SMILES string of the molecule is Cn1c2ccccc2n2c3nc(-c4cccc(C(=O)Nc5nccs5)c4)ccc3c(=O)c(C(=O)NCCN3CCCC3)c12. The normalized spacial score (nSPS) is 13.7. The Morgan fingerprint density at radius 2 is 1.79 bits per heavy atom. The highest BCUT2D eigenvalue weighted by atomic mass is 32.1. The van der Waals surface area contributed by atoms with Crippen LogP contribution >= 0.6 is 11.3 Å². The van der Waals surface area contributed by atoms with Crippen molar-refractivity contribution in [2.75, 3.05) is 31.5 Å². The van der Waals surface area contributed by atoms with Crippen molar-refractivity contribution in [1.29, 1.82) is 0 Å². The fourth-order valence-corrected chi connectivity index (χ4v) is 6.43. The standard InChI is InChI=1S/C32H29N7O3S/c1-37-24-9-2-3-10-25(24)39-28-22(27(40)26(31(37)39)30(42)33-13-17-38-15-4-5-16-38)11-12-23(35-28)20-7-6-8-21(19-20)29(41)36-32-34-14-18-43-32/h2-3,6-12,14,18-19H,4-5,13,15-17H2,1H3,(H,33,42)(H,34,36,41). The molecule has 1 aliphatic heterocycles. The number of amides is 2. The van der Waals surface area contributed by atoms with Crippen LogP contribution in [-0.4, -0.2) is 61.8 Å². The first-order chi connectivity index (χ1) is 21.0. The van der Waals surface area contributed by atoms with E-state index in [9.17, 15) is 14.4 Å². The summed E-state index contributed by atoms with van der Waals surface area (Å²) in [4.78, 5) is 51.9. The maximum absolute atomic E-state index is 14.0. The highest BCUT2D eigenvalue weighted by Gasteiger charge is 2.24. The smallest absolute Gasteiger partial charge is 0.259 e. The number of imidazole rings is 1. The van der Waals surface area contributed by atoms with Crippen molar-refractivity contribution in [3.63, 3.8) is 0 Å². The zero-order valence-electron chi connectivity index (χ0n) is 23.5. The van der Waals surface area contributed by atoms with Gasteiger partial charge in [-0.05, 0) is 62.3 Å². The Hall–Kier alpha value is -4.87. The molecule has 5 heterocycles. The van der Waals surface area contributed by atoms with E-state index in [1.807, 2.05) is 46.3 Å². The van der Waals surface area contributed by atoms with Crippen molar-refractivity contribution in [2.45, 2.75) is 12.8 Å². The van der Waals surface area contributed by atoms with Gasteiger partial charge in [-0.3, -0.25) is 24.1 Å². The minimum absolute atomic E-state index is 0.100. The van der Waals surface area contributed by atoms with Gasteiger partial charge >= 0.3 is 0 Å². The Labute approximate surface area is 250 Å². The molecule has 4 aromatic heterocycles. The zero-order chi connectivity index (χ0) is 29.5. The number of fused-ring (bicyclic) bond motifs is 5. The Bertz CT molecular complexity index is 2070. The van der Waals surface area contributed by atoms with Gasteiger partial charge in [0.05, 0.1) is 22.1 Å². The van der Waals surface area contributed by atoms with Crippen LogP contribution in [0.1, 0.15) is 33.6 Å². The van der Waals surface area contributed by atoms with Crippen LogP contribution in [0.25, 0.3) is 39.0 Å².